The molecule has 1 unspecified atom stereocenters. The van der Waals surface area contributed by atoms with Gasteiger partial charge >= 0.3 is 12.0 Å². The van der Waals surface area contributed by atoms with Crippen molar-refractivity contribution in [3.05, 3.63) is 34.1 Å². The van der Waals surface area contributed by atoms with Gasteiger partial charge in [0.2, 0.25) is 0 Å². The number of nitrogens with one attached hydrogen (secondary N) is 1. The Balaban J connectivity index is 2.52. The van der Waals surface area contributed by atoms with Gasteiger partial charge in [0.05, 0.1) is 5.92 Å². The number of benzene rings is 1. The zero-order chi connectivity index (χ0) is 15.3. The van der Waals surface area contributed by atoms with Crippen LogP contribution >= 0.6 is 15.9 Å². The first-order valence-corrected chi connectivity index (χ1v) is 6.76. The molecule has 2 amide bonds. The summed E-state index contributed by atoms with van der Waals surface area (Å²) < 4.78 is 13.5. The number of carboxylic acids is 1. The van der Waals surface area contributed by atoms with Gasteiger partial charge in [0.25, 0.3) is 0 Å². The normalized spacial score (nSPS) is 11.8. The maximum atomic E-state index is 12.9. The lowest BCUT2D eigenvalue weighted by Crippen LogP contribution is -2.40. The Morgan fingerprint density at radius 3 is 2.70 bits per heavy atom. The van der Waals surface area contributed by atoms with E-state index in [1.807, 2.05) is 0 Å². The highest BCUT2D eigenvalue weighted by atomic mass is 79.9. The Bertz CT molecular complexity index is 510. The van der Waals surface area contributed by atoms with Crippen LogP contribution in [-0.2, 0) is 11.3 Å². The average molecular weight is 347 g/mol. The number of aliphatic carboxylic acids is 1. The van der Waals surface area contributed by atoms with Crippen LogP contribution in [0.15, 0.2) is 22.7 Å². The zero-order valence-electron chi connectivity index (χ0n) is 11.2. The third-order valence-corrected chi connectivity index (χ3v) is 3.50. The first-order valence-electron chi connectivity index (χ1n) is 5.97. The highest BCUT2D eigenvalue weighted by Crippen LogP contribution is 2.17. The van der Waals surface area contributed by atoms with E-state index < -0.39 is 11.9 Å². The lowest BCUT2D eigenvalue weighted by Gasteiger charge is -2.20. The molecule has 1 aromatic carbocycles. The summed E-state index contributed by atoms with van der Waals surface area (Å²) in [5, 5.41) is 11.4. The fourth-order valence-electron chi connectivity index (χ4n) is 1.54. The van der Waals surface area contributed by atoms with Crippen molar-refractivity contribution >= 4 is 27.9 Å². The van der Waals surface area contributed by atoms with Crippen LogP contribution in [0.5, 0.6) is 0 Å². The topological polar surface area (TPSA) is 69.6 Å². The van der Waals surface area contributed by atoms with E-state index in [1.165, 1.54) is 31.0 Å². The molecule has 0 aliphatic heterocycles. The van der Waals surface area contributed by atoms with Crippen LogP contribution in [0.25, 0.3) is 0 Å². The van der Waals surface area contributed by atoms with E-state index in [4.69, 9.17) is 5.11 Å². The summed E-state index contributed by atoms with van der Waals surface area (Å²) in [6.07, 6.45) is 0. The maximum absolute atomic E-state index is 12.9. The molecule has 0 aromatic heterocycles. The molecule has 0 spiro atoms. The second-order valence-corrected chi connectivity index (χ2v) is 5.37. The van der Waals surface area contributed by atoms with Crippen molar-refractivity contribution in [3.63, 3.8) is 0 Å². The SMILES string of the molecule is CC(CN(C)C(=O)NCc1ccc(F)cc1Br)C(=O)O. The molecule has 110 valence electrons. The predicted octanol–water partition coefficient (Wildman–Crippen LogP) is 2.45. The van der Waals surface area contributed by atoms with E-state index in [2.05, 4.69) is 21.2 Å². The summed E-state index contributed by atoms with van der Waals surface area (Å²) >= 11 is 3.21. The fraction of sp³-hybridized carbons (Fsp3) is 0.385. The molecule has 0 radical (unpaired) electrons. The lowest BCUT2D eigenvalue weighted by molar-refractivity contribution is -0.141. The highest BCUT2D eigenvalue weighted by molar-refractivity contribution is 9.10. The summed E-state index contributed by atoms with van der Waals surface area (Å²) in [6, 6.07) is 3.81. The Labute approximate surface area is 124 Å². The number of halogens is 2. The first kappa shape index (κ1) is 16.4. The minimum atomic E-state index is -0.953. The van der Waals surface area contributed by atoms with E-state index >= 15 is 0 Å². The standard InChI is InChI=1S/C13H16BrFN2O3/c1-8(12(18)19)7-17(2)13(20)16-6-9-3-4-10(15)5-11(9)14/h3-5,8H,6-7H2,1-2H3,(H,16,20)(H,18,19). The van der Waals surface area contributed by atoms with Crippen molar-refractivity contribution in [2.75, 3.05) is 13.6 Å². The Hall–Kier alpha value is -1.63. The number of amides is 2. The number of hydrogen-bond donors (Lipinski definition) is 2. The van der Waals surface area contributed by atoms with E-state index in [1.54, 1.807) is 6.07 Å². The molecule has 0 aliphatic carbocycles. The van der Waals surface area contributed by atoms with Gasteiger partial charge in [-0.05, 0) is 17.7 Å². The van der Waals surface area contributed by atoms with Crippen molar-refractivity contribution in [2.45, 2.75) is 13.5 Å². The van der Waals surface area contributed by atoms with Gasteiger partial charge in [-0.15, -0.1) is 0 Å². The van der Waals surface area contributed by atoms with Crippen molar-refractivity contribution in [1.82, 2.24) is 10.2 Å². The van der Waals surface area contributed by atoms with Crippen LogP contribution in [0.1, 0.15) is 12.5 Å². The van der Waals surface area contributed by atoms with Crippen LogP contribution in [0.2, 0.25) is 0 Å². The molecule has 2 N–H and O–H groups in total. The van der Waals surface area contributed by atoms with E-state index in [0.717, 1.165) is 5.56 Å². The minimum Gasteiger partial charge on any atom is -0.481 e. The molecule has 1 aromatic rings. The Morgan fingerprint density at radius 1 is 1.50 bits per heavy atom. The number of carboxylic acid groups (broad SMARTS) is 1. The van der Waals surface area contributed by atoms with Crippen molar-refractivity contribution < 1.29 is 19.1 Å². The molecule has 20 heavy (non-hydrogen) atoms. The lowest BCUT2D eigenvalue weighted by atomic mass is 10.2. The third kappa shape index (κ3) is 4.80. The number of carbonyl (C=O) groups excluding carboxylic acids is 1. The molecule has 0 fully saturated rings. The highest BCUT2D eigenvalue weighted by Gasteiger charge is 2.17. The smallest absolute Gasteiger partial charge is 0.317 e. The number of urea groups is 1. The fourth-order valence-corrected chi connectivity index (χ4v) is 2.03. The van der Waals surface area contributed by atoms with Gasteiger partial charge in [-0.1, -0.05) is 28.9 Å². The molecule has 0 saturated carbocycles. The largest absolute Gasteiger partial charge is 0.481 e. The molecule has 7 heteroatoms. The van der Waals surface area contributed by atoms with Gasteiger partial charge < -0.3 is 15.3 Å². The summed E-state index contributed by atoms with van der Waals surface area (Å²) in [6.45, 7) is 1.87. The van der Waals surface area contributed by atoms with Crippen LogP contribution in [0.4, 0.5) is 9.18 Å². The maximum Gasteiger partial charge on any atom is 0.317 e. The van der Waals surface area contributed by atoms with Crippen molar-refractivity contribution in [2.24, 2.45) is 5.92 Å². The van der Waals surface area contributed by atoms with Gasteiger partial charge in [-0.25, -0.2) is 9.18 Å². The van der Waals surface area contributed by atoms with Crippen molar-refractivity contribution in [3.8, 4) is 0 Å². The van der Waals surface area contributed by atoms with Gasteiger partial charge in [-0.2, -0.15) is 0 Å². The predicted molar refractivity (Wildman–Crippen MR) is 75.8 cm³/mol. The Morgan fingerprint density at radius 2 is 2.15 bits per heavy atom. The van der Waals surface area contributed by atoms with Crippen LogP contribution in [0.3, 0.4) is 0 Å². The second-order valence-electron chi connectivity index (χ2n) is 4.51. The van der Waals surface area contributed by atoms with Crippen molar-refractivity contribution in [1.29, 1.82) is 0 Å². The molecule has 5 nitrogen and oxygen atoms in total. The molecule has 1 rings (SSSR count). The summed E-state index contributed by atoms with van der Waals surface area (Å²) in [7, 11) is 1.52. The summed E-state index contributed by atoms with van der Waals surface area (Å²) in [4.78, 5) is 23.8. The quantitative estimate of drug-likeness (QED) is 0.860. The van der Waals surface area contributed by atoms with E-state index in [9.17, 15) is 14.0 Å². The van der Waals surface area contributed by atoms with Crippen LogP contribution < -0.4 is 5.32 Å². The molecular weight excluding hydrogens is 331 g/mol. The van der Waals surface area contributed by atoms with Gasteiger partial charge in [0.1, 0.15) is 5.82 Å². The second kappa shape index (κ2) is 7.23. The molecule has 1 atom stereocenters. The number of carbonyl (C=O) groups is 2. The molecule has 0 bridgehead atoms. The Kier molecular flexibility index (Phi) is 5.94. The average Bonchev–Trinajstić information content (AvgIpc) is 2.37. The summed E-state index contributed by atoms with van der Waals surface area (Å²) in [5.41, 5.74) is 0.736. The third-order valence-electron chi connectivity index (χ3n) is 2.76. The van der Waals surface area contributed by atoms with E-state index in [0.29, 0.717) is 4.47 Å². The molecule has 0 heterocycles. The molecule has 0 aliphatic rings. The monoisotopic (exact) mass is 346 g/mol. The van der Waals surface area contributed by atoms with Crippen LogP contribution in [-0.4, -0.2) is 35.6 Å². The number of rotatable bonds is 5. The molecular formula is C13H16BrFN2O3. The van der Waals surface area contributed by atoms with E-state index in [-0.39, 0.29) is 24.9 Å². The number of nitrogens with zero attached hydrogens (tertiary/aromatic N) is 1. The van der Waals surface area contributed by atoms with Gasteiger partial charge in [0, 0.05) is 24.6 Å². The number of hydrogen-bond acceptors (Lipinski definition) is 2. The van der Waals surface area contributed by atoms with Gasteiger partial charge in [0.15, 0.2) is 0 Å². The zero-order valence-corrected chi connectivity index (χ0v) is 12.8. The molecule has 0 saturated heterocycles. The van der Waals surface area contributed by atoms with Crippen LogP contribution in [0, 0.1) is 11.7 Å². The first-order chi connectivity index (χ1) is 9.31. The summed E-state index contributed by atoms with van der Waals surface area (Å²) in [5.74, 6) is -1.95. The van der Waals surface area contributed by atoms with Gasteiger partial charge in [-0.3, -0.25) is 4.79 Å². The minimum absolute atomic E-state index is 0.117.